The lowest BCUT2D eigenvalue weighted by Crippen LogP contribution is -2.48. The zero-order chi connectivity index (χ0) is 24.2. The molecule has 0 atom stereocenters. The SMILES string of the molecule is CNc1nc(NC2CCC3(CCO3)CC2)nn2ccc(-c3ccc4nc(C)n(CC(F)F)c4n3)c12. The van der Waals surface area contributed by atoms with E-state index in [1.54, 1.807) is 11.4 Å². The van der Waals surface area contributed by atoms with Crippen molar-refractivity contribution in [2.24, 2.45) is 0 Å². The smallest absolute Gasteiger partial charge is 0.256 e. The molecule has 1 spiro atoms. The van der Waals surface area contributed by atoms with Gasteiger partial charge in [-0.2, -0.15) is 4.98 Å². The van der Waals surface area contributed by atoms with Crippen LogP contribution in [0.3, 0.4) is 0 Å². The van der Waals surface area contributed by atoms with E-state index in [2.05, 4.69) is 15.6 Å². The van der Waals surface area contributed by atoms with E-state index < -0.39 is 13.0 Å². The number of rotatable bonds is 6. The van der Waals surface area contributed by atoms with Crippen molar-refractivity contribution in [2.75, 3.05) is 24.3 Å². The summed E-state index contributed by atoms with van der Waals surface area (Å²) in [6, 6.07) is 5.89. The molecule has 1 saturated heterocycles. The molecular formula is C24H28F2N8O. The Labute approximate surface area is 200 Å². The molecule has 9 nitrogen and oxygen atoms in total. The number of imidazole rings is 1. The number of hydrogen-bond acceptors (Lipinski definition) is 7. The largest absolute Gasteiger partial charge is 0.375 e. The second kappa shape index (κ2) is 8.40. The second-order valence-corrected chi connectivity index (χ2v) is 9.46. The number of aryl methyl sites for hydroxylation is 1. The molecule has 2 N–H and O–H groups in total. The molecule has 1 saturated carbocycles. The fraction of sp³-hybridized carbons (Fsp3) is 0.500. The quantitative estimate of drug-likeness (QED) is 0.424. The summed E-state index contributed by atoms with van der Waals surface area (Å²) in [5.41, 5.74) is 3.38. The molecule has 184 valence electrons. The Kier molecular flexibility index (Phi) is 5.32. The van der Waals surface area contributed by atoms with E-state index >= 15 is 0 Å². The number of ether oxygens (including phenoxy) is 1. The maximum atomic E-state index is 13.1. The molecule has 11 heteroatoms. The molecular weight excluding hydrogens is 454 g/mol. The number of nitrogens with zero attached hydrogens (tertiary/aromatic N) is 6. The van der Waals surface area contributed by atoms with E-state index in [1.165, 1.54) is 11.0 Å². The van der Waals surface area contributed by atoms with Crippen molar-refractivity contribution in [1.29, 1.82) is 0 Å². The monoisotopic (exact) mass is 482 g/mol. The van der Waals surface area contributed by atoms with Gasteiger partial charge in [0.05, 0.1) is 24.4 Å². The first-order valence-corrected chi connectivity index (χ1v) is 12.0. The van der Waals surface area contributed by atoms with E-state index in [9.17, 15) is 8.78 Å². The topological polar surface area (TPSA) is 94.2 Å². The third kappa shape index (κ3) is 3.87. The van der Waals surface area contributed by atoms with Gasteiger partial charge >= 0.3 is 0 Å². The molecule has 0 amide bonds. The van der Waals surface area contributed by atoms with Crippen LogP contribution in [0.4, 0.5) is 20.5 Å². The minimum Gasteiger partial charge on any atom is -0.375 e. The summed E-state index contributed by atoms with van der Waals surface area (Å²) in [4.78, 5) is 13.8. The van der Waals surface area contributed by atoms with E-state index in [1.807, 2.05) is 31.4 Å². The lowest BCUT2D eigenvalue weighted by Gasteiger charge is -2.46. The number of aromatic nitrogens is 6. The zero-order valence-electron chi connectivity index (χ0n) is 19.8. The molecule has 0 aromatic carbocycles. The Morgan fingerprint density at radius 3 is 2.63 bits per heavy atom. The van der Waals surface area contributed by atoms with E-state index in [0.29, 0.717) is 40.5 Å². The van der Waals surface area contributed by atoms with Crippen molar-refractivity contribution in [3.8, 4) is 11.3 Å². The minimum atomic E-state index is -2.49. The lowest BCUT2D eigenvalue weighted by molar-refractivity contribution is -0.165. The van der Waals surface area contributed by atoms with E-state index in [4.69, 9.17) is 19.8 Å². The van der Waals surface area contributed by atoms with Crippen molar-refractivity contribution in [3.63, 3.8) is 0 Å². The normalized spacial score (nSPS) is 22.3. The molecule has 35 heavy (non-hydrogen) atoms. The van der Waals surface area contributed by atoms with Gasteiger partial charge in [0.2, 0.25) is 5.95 Å². The third-order valence-corrected chi connectivity index (χ3v) is 7.32. The molecule has 0 unspecified atom stereocenters. The highest BCUT2D eigenvalue weighted by Gasteiger charge is 2.41. The maximum Gasteiger partial charge on any atom is 0.256 e. The van der Waals surface area contributed by atoms with Crippen molar-refractivity contribution < 1.29 is 13.5 Å². The standard InChI is InChI=1S/C24H28F2N8O/c1-14-28-18-4-3-17(30-22(18)33(14)13-19(25)26)16-7-11-34-20(16)21(27-2)31-23(32-34)29-15-5-8-24(9-6-15)10-12-35-24/h3-4,7,11,15,19H,5-6,8-10,12-13H2,1-2H3,(H2,27,29,31,32). The van der Waals surface area contributed by atoms with Crippen LogP contribution in [0.15, 0.2) is 24.4 Å². The number of alkyl halides is 2. The van der Waals surface area contributed by atoms with Crippen LogP contribution in [-0.2, 0) is 11.3 Å². The predicted octanol–water partition coefficient (Wildman–Crippen LogP) is 4.27. The van der Waals surface area contributed by atoms with Crippen molar-refractivity contribution in [1.82, 2.24) is 29.1 Å². The van der Waals surface area contributed by atoms with Gasteiger partial charge in [0, 0.05) is 24.8 Å². The molecule has 2 aliphatic rings. The summed E-state index contributed by atoms with van der Waals surface area (Å²) in [6.07, 6.45) is 4.74. The highest BCUT2D eigenvalue weighted by Crippen LogP contribution is 2.41. The Morgan fingerprint density at radius 1 is 1.14 bits per heavy atom. The van der Waals surface area contributed by atoms with Crippen LogP contribution < -0.4 is 10.6 Å². The lowest BCUT2D eigenvalue weighted by atomic mass is 9.77. The van der Waals surface area contributed by atoms with Gasteiger partial charge in [-0.15, -0.1) is 5.10 Å². The Bertz CT molecular complexity index is 1380. The summed E-state index contributed by atoms with van der Waals surface area (Å²) in [5, 5.41) is 11.4. The second-order valence-electron chi connectivity index (χ2n) is 9.46. The van der Waals surface area contributed by atoms with Crippen LogP contribution >= 0.6 is 0 Å². The summed E-state index contributed by atoms with van der Waals surface area (Å²) in [5.74, 6) is 1.74. The number of halogens is 2. The van der Waals surface area contributed by atoms with Gasteiger partial charge in [0.25, 0.3) is 6.43 Å². The Hall–Kier alpha value is -3.34. The van der Waals surface area contributed by atoms with Crippen LogP contribution in [-0.4, -0.2) is 60.9 Å². The first kappa shape index (κ1) is 22.1. The van der Waals surface area contributed by atoms with Crippen molar-refractivity contribution >= 4 is 28.4 Å². The number of anilines is 2. The maximum absolute atomic E-state index is 13.1. The number of hydrogen-bond donors (Lipinski definition) is 2. The predicted molar refractivity (Wildman–Crippen MR) is 129 cm³/mol. The van der Waals surface area contributed by atoms with Gasteiger partial charge in [-0.05, 0) is 57.2 Å². The molecule has 5 heterocycles. The zero-order valence-corrected chi connectivity index (χ0v) is 19.8. The Morgan fingerprint density at radius 2 is 1.94 bits per heavy atom. The molecule has 0 radical (unpaired) electrons. The first-order valence-electron chi connectivity index (χ1n) is 12.0. The van der Waals surface area contributed by atoms with E-state index in [0.717, 1.165) is 43.4 Å². The van der Waals surface area contributed by atoms with Crippen LogP contribution in [0.5, 0.6) is 0 Å². The van der Waals surface area contributed by atoms with Crippen LogP contribution in [0.2, 0.25) is 0 Å². The van der Waals surface area contributed by atoms with Gasteiger partial charge in [-0.3, -0.25) is 0 Å². The van der Waals surface area contributed by atoms with Gasteiger partial charge in [-0.1, -0.05) is 0 Å². The van der Waals surface area contributed by atoms with Gasteiger partial charge < -0.3 is 19.9 Å². The van der Waals surface area contributed by atoms with Gasteiger partial charge in [-0.25, -0.2) is 23.3 Å². The van der Waals surface area contributed by atoms with Gasteiger partial charge in [0.1, 0.15) is 16.9 Å². The number of fused-ring (bicyclic) bond motifs is 2. The fourth-order valence-corrected chi connectivity index (χ4v) is 5.34. The minimum absolute atomic E-state index is 0.117. The molecule has 1 aliphatic carbocycles. The van der Waals surface area contributed by atoms with Crippen LogP contribution in [0, 0.1) is 6.92 Å². The summed E-state index contributed by atoms with van der Waals surface area (Å²) >= 11 is 0. The summed E-state index contributed by atoms with van der Waals surface area (Å²) < 4.78 is 35.3. The molecule has 1 aliphatic heterocycles. The molecule has 4 aromatic heterocycles. The third-order valence-electron chi connectivity index (χ3n) is 7.32. The summed E-state index contributed by atoms with van der Waals surface area (Å²) in [7, 11) is 1.82. The Balaban J connectivity index is 1.32. The van der Waals surface area contributed by atoms with E-state index in [-0.39, 0.29) is 5.60 Å². The molecule has 0 bridgehead atoms. The van der Waals surface area contributed by atoms with Crippen LogP contribution in [0.25, 0.3) is 27.9 Å². The fourth-order valence-electron chi connectivity index (χ4n) is 5.34. The number of nitrogens with one attached hydrogen (secondary N) is 2. The number of pyridine rings is 1. The summed E-state index contributed by atoms with van der Waals surface area (Å²) in [6.45, 7) is 2.16. The van der Waals surface area contributed by atoms with Gasteiger partial charge in [0.15, 0.2) is 11.5 Å². The molecule has 2 fully saturated rings. The highest BCUT2D eigenvalue weighted by molar-refractivity contribution is 5.89. The average Bonchev–Trinajstić information content (AvgIpc) is 3.38. The molecule has 6 rings (SSSR count). The average molecular weight is 483 g/mol. The van der Waals surface area contributed by atoms with Crippen LogP contribution in [0.1, 0.15) is 37.9 Å². The highest BCUT2D eigenvalue weighted by atomic mass is 19.3. The van der Waals surface area contributed by atoms with Crippen molar-refractivity contribution in [2.45, 2.75) is 63.6 Å². The molecule has 4 aromatic rings. The van der Waals surface area contributed by atoms with Crippen molar-refractivity contribution in [3.05, 3.63) is 30.2 Å². The first-order chi connectivity index (χ1) is 16.9.